The van der Waals surface area contributed by atoms with Crippen LogP contribution in [0.5, 0.6) is 23.0 Å². The molecule has 0 aliphatic carbocycles. The molecule has 0 saturated carbocycles. The van der Waals surface area contributed by atoms with Crippen molar-refractivity contribution < 1.29 is 38.1 Å². The molecule has 0 saturated heterocycles. The van der Waals surface area contributed by atoms with E-state index in [1.165, 1.54) is 24.3 Å². The second-order valence-corrected chi connectivity index (χ2v) is 6.72. The number of benzene rings is 3. The van der Waals surface area contributed by atoms with Gasteiger partial charge in [-0.3, -0.25) is 0 Å². The molecule has 0 bridgehead atoms. The molecular weight excluding hydrogens is 440 g/mol. The Labute approximate surface area is 196 Å². The lowest BCUT2D eigenvalue weighted by molar-refractivity contribution is -0.138. The van der Waals surface area contributed by atoms with E-state index >= 15 is 0 Å². The number of rotatable bonds is 10. The molecule has 0 atom stereocenters. The SMILES string of the molecule is C=CC(=O)OCCOc1ccc(C(=O)Oc2ccc(OC(=O)c3ccc(OC)cc3)cc2)cc1. The summed E-state index contributed by atoms with van der Waals surface area (Å²) in [5.74, 6) is 0.137. The molecule has 0 fully saturated rings. The van der Waals surface area contributed by atoms with Crippen LogP contribution in [0.15, 0.2) is 85.5 Å². The zero-order valence-electron chi connectivity index (χ0n) is 18.4. The first kappa shape index (κ1) is 24.1. The fourth-order valence-electron chi connectivity index (χ4n) is 2.68. The van der Waals surface area contributed by atoms with Crippen LogP contribution in [-0.4, -0.2) is 38.2 Å². The summed E-state index contributed by atoms with van der Waals surface area (Å²) in [5.41, 5.74) is 0.696. The van der Waals surface area contributed by atoms with Crippen LogP contribution in [0.4, 0.5) is 0 Å². The van der Waals surface area contributed by atoms with Gasteiger partial charge in [0, 0.05) is 6.08 Å². The Balaban J connectivity index is 1.49. The molecule has 8 heteroatoms. The highest BCUT2D eigenvalue weighted by Gasteiger charge is 2.11. The van der Waals surface area contributed by atoms with E-state index in [1.807, 2.05) is 0 Å². The molecule has 0 amide bonds. The molecule has 0 heterocycles. The van der Waals surface area contributed by atoms with Gasteiger partial charge in [-0.25, -0.2) is 14.4 Å². The van der Waals surface area contributed by atoms with Crippen molar-refractivity contribution >= 4 is 17.9 Å². The zero-order chi connectivity index (χ0) is 24.3. The summed E-state index contributed by atoms with van der Waals surface area (Å²) >= 11 is 0. The third kappa shape index (κ3) is 6.96. The summed E-state index contributed by atoms with van der Waals surface area (Å²) in [4.78, 5) is 35.6. The molecular formula is C26H22O8. The van der Waals surface area contributed by atoms with Crippen LogP contribution in [0.2, 0.25) is 0 Å². The van der Waals surface area contributed by atoms with E-state index in [0.29, 0.717) is 34.1 Å². The highest BCUT2D eigenvalue weighted by Crippen LogP contribution is 2.21. The molecule has 3 aromatic carbocycles. The van der Waals surface area contributed by atoms with Crippen LogP contribution in [0.3, 0.4) is 0 Å². The Bertz CT molecular complexity index is 1130. The summed E-state index contributed by atoms with van der Waals surface area (Å²) in [5, 5.41) is 0. The van der Waals surface area contributed by atoms with Crippen molar-refractivity contribution in [1.29, 1.82) is 0 Å². The van der Waals surface area contributed by atoms with Crippen molar-refractivity contribution in [2.45, 2.75) is 0 Å². The van der Waals surface area contributed by atoms with Gasteiger partial charge >= 0.3 is 17.9 Å². The minimum atomic E-state index is -0.561. The van der Waals surface area contributed by atoms with Gasteiger partial charge in [0.25, 0.3) is 0 Å². The Morgan fingerprint density at radius 2 is 1.12 bits per heavy atom. The number of esters is 3. The fraction of sp³-hybridized carbons (Fsp3) is 0.115. The lowest BCUT2D eigenvalue weighted by atomic mass is 10.2. The van der Waals surface area contributed by atoms with Gasteiger partial charge in [0.15, 0.2) is 0 Å². The average molecular weight is 462 g/mol. The van der Waals surface area contributed by atoms with E-state index in [9.17, 15) is 14.4 Å². The van der Waals surface area contributed by atoms with Gasteiger partial charge in [-0.2, -0.15) is 0 Å². The number of carbonyl (C=O) groups excluding carboxylic acids is 3. The van der Waals surface area contributed by atoms with Crippen molar-refractivity contribution in [2.75, 3.05) is 20.3 Å². The first-order valence-corrected chi connectivity index (χ1v) is 10.2. The normalized spacial score (nSPS) is 10.0. The van der Waals surface area contributed by atoms with Crippen molar-refractivity contribution in [2.24, 2.45) is 0 Å². The van der Waals surface area contributed by atoms with E-state index in [1.54, 1.807) is 55.6 Å². The molecule has 3 rings (SSSR count). The molecule has 0 unspecified atom stereocenters. The van der Waals surface area contributed by atoms with Crippen LogP contribution in [0.25, 0.3) is 0 Å². The molecule has 174 valence electrons. The largest absolute Gasteiger partial charge is 0.497 e. The number of hydrogen-bond donors (Lipinski definition) is 0. The molecule has 3 aromatic rings. The maximum Gasteiger partial charge on any atom is 0.343 e. The van der Waals surface area contributed by atoms with E-state index in [4.69, 9.17) is 23.7 Å². The minimum Gasteiger partial charge on any atom is -0.497 e. The maximum atomic E-state index is 12.4. The molecule has 0 aliphatic rings. The van der Waals surface area contributed by atoms with Gasteiger partial charge in [0.2, 0.25) is 0 Å². The first-order valence-electron chi connectivity index (χ1n) is 10.2. The molecule has 0 aromatic heterocycles. The van der Waals surface area contributed by atoms with Crippen molar-refractivity contribution in [1.82, 2.24) is 0 Å². The quantitative estimate of drug-likeness (QED) is 0.191. The van der Waals surface area contributed by atoms with Crippen molar-refractivity contribution in [3.8, 4) is 23.0 Å². The lowest BCUT2D eigenvalue weighted by Crippen LogP contribution is -2.11. The summed E-state index contributed by atoms with van der Waals surface area (Å²) in [6.07, 6.45) is 1.07. The monoisotopic (exact) mass is 462 g/mol. The van der Waals surface area contributed by atoms with Crippen LogP contribution in [0.1, 0.15) is 20.7 Å². The van der Waals surface area contributed by atoms with Crippen LogP contribution < -0.4 is 18.9 Å². The average Bonchev–Trinajstić information content (AvgIpc) is 2.88. The standard InChI is InChI=1S/C26H22O8/c1-3-24(27)32-17-16-31-21-10-6-19(7-11-21)26(29)34-23-14-12-22(13-15-23)33-25(28)18-4-8-20(30-2)9-5-18/h3-15H,1,16-17H2,2H3. The summed E-state index contributed by atoms with van der Waals surface area (Å²) in [7, 11) is 1.54. The van der Waals surface area contributed by atoms with E-state index in [-0.39, 0.29) is 13.2 Å². The van der Waals surface area contributed by atoms with Crippen molar-refractivity contribution in [3.63, 3.8) is 0 Å². The Kier molecular flexibility index (Phi) is 8.40. The number of ether oxygens (including phenoxy) is 5. The predicted molar refractivity (Wildman–Crippen MR) is 122 cm³/mol. The van der Waals surface area contributed by atoms with E-state index in [0.717, 1.165) is 6.08 Å². The maximum absolute atomic E-state index is 12.4. The molecule has 0 N–H and O–H groups in total. The smallest absolute Gasteiger partial charge is 0.343 e. The Hall–Kier alpha value is -4.59. The number of hydrogen-bond acceptors (Lipinski definition) is 8. The van der Waals surface area contributed by atoms with Gasteiger partial charge in [0.05, 0.1) is 18.2 Å². The molecule has 0 aliphatic heterocycles. The molecule has 8 nitrogen and oxygen atoms in total. The number of carbonyl (C=O) groups is 3. The molecule has 0 spiro atoms. The van der Waals surface area contributed by atoms with Crippen molar-refractivity contribution in [3.05, 3.63) is 96.6 Å². The van der Waals surface area contributed by atoms with Gasteiger partial charge < -0.3 is 23.7 Å². The predicted octanol–water partition coefficient (Wildman–Crippen LogP) is 4.24. The second-order valence-electron chi connectivity index (χ2n) is 6.72. The van der Waals surface area contributed by atoms with Gasteiger partial charge in [-0.1, -0.05) is 6.58 Å². The highest BCUT2D eigenvalue weighted by molar-refractivity contribution is 5.92. The third-order valence-corrected chi connectivity index (χ3v) is 4.42. The van der Waals surface area contributed by atoms with Crippen LogP contribution in [-0.2, 0) is 9.53 Å². The number of methoxy groups -OCH3 is 1. The van der Waals surface area contributed by atoms with Gasteiger partial charge in [0.1, 0.15) is 36.2 Å². The fourth-order valence-corrected chi connectivity index (χ4v) is 2.68. The lowest BCUT2D eigenvalue weighted by Gasteiger charge is -2.08. The molecule has 34 heavy (non-hydrogen) atoms. The third-order valence-electron chi connectivity index (χ3n) is 4.42. The van der Waals surface area contributed by atoms with E-state index < -0.39 is 17.9 Å². The van der Waals surface area contributed by atoms with E-state index in [2.05, 4.69) is 6.58 Å². The Morgan fingerprint density at radius 1 is 0.676 bits per heavy atom. The topological polar surface area (TPSA) is 97.4 Å². The first-order chi connectivity index (χ1) is 16.5. The Morgan fingerprint density at radius 3 is 1.56 bits per heavy atom. The van der Waals surface area contributed by atoms with Crippen LogP contribution >= 0.6 is 0 Å². The second kappa shape index (κ2) is 11.9. The zero-order valence-corrected chi connectivity index (χ0v) is 18.4. The summed E-state index contributed by atoms with van der Waals surface area (Å²) < 4.78 is 26.0. The van der Waals surface area contributed by atoms with Gasteiger partial charge in [-0.15, -0.1) is 0 Å². The van der Waals surface area contributed by atoms with Gasteiger partial charge in [-0.05, 0) is 72.8 Å². The summed E-state index contributed by atoms with van der Waals surface area (Å²) in [6, 6.07) is 19.0. The summed E-state index contributed by atoms with van der Waals surface area (Å²) in [6.45, 7) is 3.55. The molecule has 0 radical (unpaired) electrons. The highest BCUT2D eigenvalue weighted by atomic mass is 16.6. The van der Waals surface area contributed by atoms with Crippen LogP contribution in [0, 0.1) is 0 Å². The minimum absolute atomic E-state index is 0.0834.